The van der Waals surface area contributed by atoms with Gasteiger partial charge in [0.1, 0.15) is 0 Å². The zero-order valence-electron chi connectivity index (χ0n) is 12.5. The van der Waals surface area contributed by atoms with Crippen LogP contribution in [0.4, 0.5) is 5.69 Å². The molecule has 2 bridgehead atoms. The SMILES string of the molecule is C=C[C@H]1CN2CC[C@H]1C[C@H]2NC(=O)c1ccccc1NC. The van der Waals surface area contributed by atoms with Gasteiger partial charge in [-0.25, -0.2) is 0 Å². The van der Waals surface area contributed by atoms with Gasteiger partial charge in [-0.2, -0.15) is 0 Å². The van der Waals surface area contributed by atoms with E-state index in [4.69, 9.17) is 0 Å². The van der Waals surface area contributed by atoms with Crippen molar-refractivity contribution < 1.29 is 4.79 Å². The van der Waals surface area contributed by atoms with Crippen LogP contribution in [-0.4, -0.2) is 37.1 Å². The van der Waals surface area contributed by atoms with Gasteiger partial charge < -0.3 is 10.6 Å². The molecule has 3 saturated heterocycles. The molecule has 3 heterocycles. The quantitative estimate of drug-likeness (QED) is 0.834. The number of anilines is 1. The van der Waals surface area contributed by atoms with Crippen molar-refractivity contribution in [2.45, 2.75) is 19.0 Å². The number of para-hydroxylation sites is 1. The number of carbonyl (C=O) groups is 1. The van der Waals surface area contributed by atoms with Gasteiger partial charge in [-0.3, -0.25) is 9.69 Å². The Kier molecular flexibility index (Phi) is 3.97. The third kappa shape index (κ3) is 2.68. The van der Waals surface area contributed by atoms with Crippen LogP contribution in [0.2, 0.25) is 0 Å². The molecular weight excluding hydrogens is 262 g/mol. The minimum Gasteiger partial charge on any atom is -0.387 e. The Morgan fingerprint density at radius 2 is 2.24 bits per heavy atom. The van der Waals surface area contributed by atoms with Crippen molar-refractivity contribution in [2.24, 2.45) is 11.8 Å². The first-order valence-corrected chi connectivity index (χ1v) is 7.67. The molecule has 3 aliphatic rings. The molecule has 1 unspecified atom stereocenters. The van der Waals surface area contributed by atoms with E-state index in [1.165, 1.54) is 6.42 Å². The largest absolute Gasteiger partial charge is 0.387 e. The van der Waals surface area contributed by atoms with E-state index in [1.807, 2.05) is 31.3 Å². The Balaban J connectivity index is 1.70. The number of fused-ring (bicyclic) bond motifs is 3. The topological polar surface area (TPSA) is 44.4 Å². The molecule has 21 heavy (non-hydrogen) atoms. The van der Waals surface area contributed by atoms with Gasteiger partial charge in [0.25, 0.3) is 5.91 Å². The number of hydrogen-bond acceptors (Lipinski definition) is 3. The van der Waals surface area contributed by atoms with Crippen LogP contribution in [0.3, 0.4) is 0 Å². The fraction of sp³-hybridized carbons (Fsp3) is 0.471. The number of piperidine rings is 3. The summed E-state index contributed by atoms with van der Waals surface area (Å²) in [6.07, 6.45) is 4.49. The van der Waals surface area contributed by atoms with Crippen molar-refractivity contribution in [1.82, 2.24) is 10.2 Å². The molecule has 2 N–H and O–H groups in total. The van der Waals surface area contributed by atoms with Gasteiger partial charge in [0.15, 0.2) is 0 Å². The van der Waals surface area contributed by atoms with Gasteiger partial charge in [-0.15, -0.1) is 6.58 Å². The van der Waals surface area contributed by atoms with E-state index in [1.54, 1.807) is 0 Å². The lowest BCUT2D eigenvalue weighted by atomic mass is 9.77. The molecule has 0 radical (unpaired) electrons. The lowest BCUT2D eigenvalue weighted by Gasteiger charge is -2.49. The first kappa shape index (κ1) is 14.1. The van der Waals surface area contributed by atoms with Gasteiger partial charge in [0.05, 0.1) is 11.7 Å². The predicted octanol–water partition coefficient (Wildman–Crippen LogP) is 2.31. The molecule has 0 spiro atoms. The molecule has 4 atom stereocenters. The van der Waals surface area contributed by atoms with Crippen molar-refractivity contribution in [1.29, 1.82) is 0 Å². The zero-order valence-corrected chi connectivity index (χ0v) is 12.5. The van der Waals surface area contributed by atoms with Crippen molar-refractivity contribution in [2.75, 3.05) is 25.5 Å². The standard InChI is InChI=1S/C17H23N3O/c1-3-12-11-20-9-8-13(12)10-16(20)19-17(21)14-6-4-5-7-15(14)18-2/h3-7,12-13,16,18H,1,8-11H2,2H3,(H,19,21)/t12-,13-,16-/m0/s1. The highest BCUT2D eigenvalue weighted by atomic mass is 16.1. The fourth-order valence-electron chi connectivity index (χ4n) is 3.61. The molecule has 1 amide bonds. The minimum atomic E-state index is 0.00709. The number of benzene rings is 1. The summed E-state index contributed by atoms with van der Waals surface area (Å²) in [6, 6.07) is 7.63. The molecular formula is C17H23N3O. The molecule has 0 aliphatic carbocycles. The third-order valence-electron chi connectivity index (χ3n) is 4.85. The Morgan fingerprint density at radius 1 is 1.43 bits per heavy atom. The summed E-state index contributed by atoms with van der Waals surface area (Å²) in [5.41, 5.74) is 1.58. The molecule has 1 aromatic carbocycles. The van der Waals surface area contributed by atoms with E-state index in [0.717, 1.165) is 25.2 Å². The summed E-state index contributed by atoms with van der Waals surface area (Å²) in [7, 11) is 1.84. The van der Waals surface area contributed by atoms with Crippen LogP contribution < -0.4 is 10.6 Å². The maximum atomic E-state index is 12.5. The summed E-state index contributed by atoms with van der Waals surface area (Å²) >= 11 is 0. The molecule has 4 heteroatoms. The Labute approximate surface area is 126 Å². The highest BCUT2D eigenvalue weighted by Gasteiger charge is 2.39. The first-order valence-electron chi connectivity index (χ1n) is 7.67. The lowest BCUT2D eigenvalue weighted by molar-refractivity contribution is 0.00468. The number of carbonyl (C=O) groups excluding carboxylic acids is 1. The van der Waals surface area contributed by atoms with Crippen LogP contribution >= 0.6 is 0 Å². The van der Waals surface area contributed by atoms with E-state index in [-0.39, 0.29) is 12.1 Å². The molecule has 112 valence electrons. The smallest absolute Gasteiger partial charge is 0.254 e. The molecule has 4 rings (SSSR count). The highest BCUT2D eigenvalue weighted by Crippen LogP contribution is 2.35. The number of nitrogens with one attached hydrogen (secondary N) is 2. The minimum absolute atomic E-state index is 0.00709. The van der Waals surface area contributed by atoms with Crippen molar-refractivity contribution in [3.8, 4) is 0 Å². The lowest BCUT2D eigenvalue weighted by Crippen LogP contribution is -2.59. The average Bonchev–Trinajstić information content (AvgIpc) is 2.55. The van der Waals surface area contributed by atoms with Crippen LogP contribution in [0.5, 0.6) is 0 Å². The second-order valence-corrected chi connectivity index (χ2v) is 5.96. The average molecular weight is 285 g/mol. The first-order chi connectivity index (χ1) is 10.2. The Bertz CT molecular complexity index is 543. The third-order valence-corrected chi connectivity index (χ3v) is 4.85. The summed E-state index contributed by atoms with van der Waals surface area (Å²) in [6.45, 7) is 6.03. The maximum Gasteiger partial charge on any atom is 0.254 e. The number of hydrogen-bond donors (Lipinski definition) is 2. The van der Waals surface area contributed by atoms with E-state index in [2.05, 4.69) is 28.2 Å². The molecule has 4 nitrogen and oxygen atoms in total. The van der Waals surface area contributed by atoms with Crippen molar-refractivity contribution >= 4 is 11.6 Å². The Morgan fingerprint density at radius 3 is 2.90 bits per heavy atom. The monoisotopic (exact) mass is 285 g/mol. The van der Waals surface area contributed by atoms with Gasteiger partial charge in [-0.1, -0.05) is 18.2 Å². The zero-order chi connectivity index (χ0) is 14.8. The van der Waals surface area contributed by atoms with Crippen molar-refractivity contribution in [3.63, 3.8) is 0 Å². The second-order valence-electron chi connectivity index (χ2n) is 5.96. The number of nitrogens with zero attached hydrogens (tertiary/aromatic N) is 1. The molecule has 0 aromatic heterocycles. The molecule has 0 saturated carbocycles. The molecule has 3 fully saturated rings. The van der Waals surface area contributed by atoms with Gasteiger partial charge in [-0.05, 0) is 36.8 Å². The van der Waals surface area contributed by atoms with Crippen LogP contribution in [0.25, 0.3) is 0 Å². The number of amides is 1. The summed E-state index contributed by atoms with van der Waals surface area (Å²) in [5.74, 6) is 1.25. The van der Waals surface area contributed by atoms with E-state index in [0.29, 0.717) is 17.4 Å². The summed E-state index contributed by atoms with van der Waals surface area (Å²) in [5, 5.41) is 6.27. The van der Waals surface area contributed by atoms with E-state index >= 15 is 0 Å². The van der Waals surface area contributed by atoms with Crippen LogP contribution in [0.15, 0.2) is 36.9 Å². The maximum absolute atomic E-state index is 12.5. The van der Waals surface area contributed by atoms with Crippen LogP contribution in [0, 0.1) is 11.8 Å². The van der Waals surface area contributed by atoms with E-state index in [9.17, 15) is 4.79 Å². The van der Waals surface area contributed by atoms with Gasteiger partial charge >= 0.3 is 0 Å². The number of rotatable bonds is 4. The van der Waals surface area contributed by atoms with Crippen LogP contribution in [-0.2, 0) is 0 Å². The summed E-state index contributed by atoms with van der Waals surface area (Å²) < 4.78 is 0. The van der Waals surface area contributed by atoms with Gasteiger partial charge in [0.2, 0.25) is 0 Å². The highest BCUT2D eigenvalue weighted by molar-refractivity contribution is 5.99. The predicted molar refractivity (Wildman–Crippen MR) is 85.2 cm³/mol. The summed E-state index contributed by atoms with van der Waals surface area (Å²) in [4.78, 5) is 14.9. The second kappa shape index (κ2) is 5.90. The van der Waals surface area contributed by atoms with E-state index < -0.39 is 0 Å². The fourth-order valence-corrected chi connectivity index (χ4v) is 3.61. The Hall–Kier alpha value is -1.81. The van der Waals surface area contributed by atoms with Crippen LogP contribution in [0.1, 0.15) is 23.2 Å². The van der Waals surface area contributed by atoms with Crippen molar-refractivity contribution in [3.05, 3.63) is 42.5 Å². The molecule has 1 aromatic rings. The molecule has 3 aliphatic heterocycles. The van der Waals surface area contributed by atoms with Gasteiger partial charge in [0, 0.05) is 25.8 Å². The normalized spacial score (nSPS) is 30.7.